The van der Waals surface area contributed by atoms with Gasteiger partial charge in [-0.3, -0.25) is 9.59 Å². The molecule has 1 atom stereocenters. The average molecular weight is 397 g/mol. The first-order chi connectivity index (χ1) is 13.6. The summed E-state index contributed by atoms with van der Waals surface area (Å²) in [5.41, 5.74) is 0.367. The van der Waals surface area contributed by atoms with Crippen molar-refractivity contribution in [1.82, 2.24) is 9.97 Å². The molecule has 0 spiro atoms. The van der Waals surface area contributed by atoms with E-state index < -0.39 is 10.9 Å². The maximum absolute atomic E-state index is 13.4. The van der Waals surface area contributed by atoms with Gasteiger partial charge in [0.1, 0.15) is 23.0 Å². The highest BCUT2D eigenvalue weighted by molar-refractivity contribution is 5.78. The highest BCUT2D eigenvalue weighted by Gasteiger charge is 2.27. The number of benzene rings is 1. The van der Waals surface area contributed by atoms with Crippen LogP contribution in [0.15, 0.2) is 40.1 Å². The zero-order valence-corrected chi connectivity index (χ0v) is 17.1. The number of nitrogens with one attached hydrogen (secondary N) is 3. The van der Waals surface area contributed by atoms with Gasteiger partial charge in [-0.05, 0) is 49.1 Å². The first kappa shape index (κ1) is 20.4. The molecular formula is C21H24FN5O2. The van der Waals surface area contributed by atoms with Crippen molar-refractivity contribution in [1.29, 1.82) is 0 Å². The third-order valence-corrected chi connectivity index (χ3v) is 4.89. The lowest BCUT2D eigenvalue weighted by Crippen LogP contribution is -2.41. The summed E-state index contributed by atoms with van der Waals surface area (Å²) in [4.78, 5) is 32.5. The number of hydrogen-bond donors (Lipinski definition) is 3. The van der Waals surface area contributed by atoms with Gasteiger partial charge >= 0.3 is 0 Å². The van der Waals surface area contributed by atoms with Crippen LogP contribution in [0.4, 0.5) is 33.2 Å². The minimum absolute atomic E-state index is 0.0179. The van der Waals surface area contributed by atoms with Crippen molar-refractivity contribution in [2.75, 3.05) is 16.0 Å². The molecule has 0 aliphatic carbocycles. The van der Waals surface area contributed by atoms with Crippen LogP contribution in [0.1, 0.15) is 33.3 Å². The van der Waals surface area contributed by atoms with Crippen LogP contribution in [0.25, 0.3) is 0 Å². The highest BCUT2D eigenvalue weighted by Crippen LogP contribution is 2.26. The summed E-state index contributed by atoms with van der Waals surface area (Å²) in [7, 11) is 0. The summed E-state index contributed by atoms with van der Waals surface area (Å²) in [6.07, 6.45) is 1.52. The van der Waals surface area contributed by atoms with Crippen LogP contribution in [0.3, 0.4) is 0 Å². The fourth-order valence-electron chi connectivity index (χ4n) is 2.55. The van der Waals surface area contributed by atoms with Gasteiger partial charge in [0.05, 0.1) is 0 Å². The van der Waals surface area contributed by atoms with E-state index in [0.717, 1.165) is 0 Å². The maximum atomic E-state index is 13.4. The molecule has 3 rings (SSSR count). The molecule has 0 fully saturated rings. The summed E-state index contributed by atoms with van der Waals surface area (Å²) in [5, 5.41) is 9.03. The minimum atomic E-state index is -0.587. The van der Waals surface area contributed by atoms with Crippen molar-refractivity contribution in [3.63, 3.8) is 0 Å². The number of anilines is 5. The predicted octanol–water partition coefficient (Wildman–Crippen LogP) is 3.85. The monoisotopic (exact) mass is 397 g/mol. The first-order valence-corrected chi connectivity index (χ1v) is 9.29. The molecule has 0 aliphatic rings. The molecule has 152 valence electrons. The zero-order valence-electron chi connectivity index (χ0n) is 17.1. The minimum Gasteiger partial charge on any atom is -0.377 e. The highest BCUT2D eigenvalue weighted by atomic mass is 19.1. The summed E-state index contributed by atoms with van der Waals surface area (Å²) in [6, 6.07) is 6.16. The van der Waals surface area contributed by atoms with Gasteiger partial charge in [-0.2, -0.15) is 4.98 Å². The zero-order chi connectivity index (χ0) is 21.3. The van der Waals surface area contributed by atoms with E-state index in [4.69, 9.17) is 0 Å². The number of rotatable bonds is 6. The molecule has 8 heteroatoms. The standard InChI is InChI=1S/C21H24FN5O2/c1-11-10-13(6-7-14(11)22)25-20-23-9-8-15(27-20)26-17-16(18(28)19(17)29)24-12(2)21(3,4)5/h6-10,12,24H,1-5H3,(H2,23,25,26,27)/t12-/m1/s1. The Morgan fingerprint density at radius 3 is 2.38 bits per heavy atom. The second kappa shape index (κ2) is 7.62. The Morgan fingerprint density at radius 2 is 1.72 bits per heavy atom. The van der Waals surface area contributed by atoms with Crippen molar-refractivity contribution in [3.05, 3.63) is 62.3 Å². The Morgan fingerprint density at radius 1 is 1.03 bits per heavy atom. The van der Waals surface area contributed by atoms with Gasteiger partial charge in [-0.15, -0.1) is 0 Å². The van der Waals surface area contributed by atoms with E-state index in [0.29, 0.717) is 17.1 Å². The predicted molar refractivity (Wildman–Crippen MR) is 114 cm³/mol. The number of aromatic nitrogens is 2. The Bertz CT molecular complexity index is 1110. The van der Waals surface area contributed by atoms with Crippen molar-refractivity contribution in [2.24, 2.45) is 5.41 Å². The van der Waals surface area contributed by atoms with Crippen LogP contribution in [0.2, 0.25) is 0 Å². The SMILES string of the molecule is Cc1cc(Nc2nccc(Nc3c(N[C@H](C)C(C)(C)C)c(=O)c3=O)n2)ccc1F. The van der Waals surface area contributed by atoms with Gasteiger partial charge in [-0.1, -0.05) is 20.8 Å². The molecule has 7 nitrogen and oxygen atoms in total. The van der Waals surface area contributed by atoms with Crippen molar-refractivity contribution < 1.29 is 4.39 Å². The molecule has 1 aromatic heterocycles. The van der Waals surface area contributed by atoms with Crippen molar-refractivity contribution in [3.8, 4) is 0 Å². The summed E-state index contributed by atoms with van der Waals surface area (Å²) < 4.78 is 13.4. The molecule has 3 aromatic rings. The van der Waals surface area contributed by atoms with E-state index in [9.17, 15) is 14.0 Å². The van der Waals surface area contributed by atoms with Crippen LogP contribution >= 0.6 is 0 Å². The molecule has 1 heterocycles. The number of aryl methyl sites for hydroxylation is 1. The van der Waals surface area contributed by atoms with E-state index in [1.165, 1.54) is 12.3 Å². The smallest absolute Gasteiger partial charge is 0.253 e. The molecule has 0 unspecified atom stereocenters. The van der Waals surface area contributed by atoms with Crippen LogP contribution < -0.4 is 26.8 Å². The molecule has 2 aromatic carbocycles. The lowest BCUT2D eigenvalue weighted by molar-refractivity contribution is 0.359. The fourth-order valence-corrected chi connectivity index (χ4v) is 2.55. The molecule has 0 saturated carbocycles. The lowest BCUT2D eigenvalue weighted by atomic mass is 9.87. The van der Waals surface area contributed by atoms with Gasteiger partial charge < -0.3 is 16.0 Å². The molecule has 0 amide bonds. The normalized spacial score (nSPS) is 12.6. The largest absolute Gasteiger partial charge is 0.377 e. The van der Waals surface area contributed by atoms with Gasteiger partial charge in [0.15, 0.2) is 0 Å². The van der Waals surface area contributed by atoms with E-state index in [1.54, 1.807) is 25.1 Å². The Balaban J connectivity index is 1.79. The van der Waals surface area contributed by atoms with E-state index in [-0.39, 0.29) is 34.6 Å². The molecule has 29 heavy (non-hydrogen) atoms. The summed E-state index contributed by atoms with van der Waals surface area (Å²) in [6.45, 7) is 9.75. The quantitative estimate of drug-likeness (QED) is 0.544. The molecule has 3 N–H and O–H groups in total. The molecule has 0 saturated heterocycles. The molecule has 0 radical (unpaired) electrons. The number of hydrogen-bond acceptors (Lipinski definition) is 7. The second-order valence-corrected chi connectivity index (χ2v) is 8.12. The first-order valence-electron chi connectivity index (χ1n) is 9.29. The summed E-state index contributed by atoms with van der Waals surface area (Å²) >= 11 is 0. The van der Waals surface area contributed by atoms with Crippen molar-refractivity contribution >= 4 is 28.8 Å². The van der Waals surface area contributed by atoms with Gasteiger partial charge in [-0.25, -0.2) is 9.37 Å². The molecule has 0 aliphatic heterocycles. The Labute approximate surface area is 168 Å². The van der Waals surface area contributed by atoms with Crippen LogP contribution in [-0.2, 0) is 0 Å². The van der Waals surface area contributed by atoms with Crippen LogP contribution in [0.5, 0.6) is 0 Å². The topological polar surface area (TPSA) is 96.0 Å². The fraction of sp³-hybridized carbons (Fsp3) is 0.333. The van der Waals surface area contributed by atoms with Crippen LogP contribution in [-0.4, -0.2) is 16.0 Å². The van der Waals surface area contributed by atoms with E-state index in [1.807, 2.05) is 27.7 Å². The number of halogens is 1. The third-order valence-electron chi connectivity index (χ3n) is 4.89. The van der Waals surface area contributed by atoms with E-state index in [2.05, 4.69) is 25.9 Å². The lowest BCUT2D eigenvalue weighted by Gasteiger charge is -2.30. The van der Waals surface area contributed by atoms with Gasteiger partial charge in [0.2, 0.25) is 5.95 Å². The van der Waals surface area contributed by atoms with Crippen molar-refractivity contribution in [2.45, 2.75) is 40.7 Å². The molecule has 0 bridgehead atoms. The average Bonchev–Trinajstić information content (AvgIpc) is 2.66. The van der Waals surface area contributed by atoms with Gasteiger partial charge in [0, 0.05) is 17.9 Å². The number of nitrogens with zero attached hydrogens (tertiary/aromatic N) is 2. The summed E-state index contributed by atoms with van der Waals surface area (Å²) in [5.74, 6) is 0.341. The molecular weight excluding hydrogens is 373 g/mol. The van der Waals surface area contributed by atoms with E-state index >= 15 is 0 Å². The Kier molecular flexibility index (Phi) is 5.37. The Hall–Kier alpha value is -3.29. The van der Waals surface area contributed by atoms with Gasteiger partial charge in [0.25, 0.3) is 10.9 Å². The maximum Gasteiger partial charge on any atom is 0.253 e. The van der Waals surface area contributed by atoms with Crippen LogP contribution in [0, 0.1) is 18.2 Å². The second-order valence-electron chi connectivity index (χ2n) is 8.12. The third kappa shape index (κ3) is 4.42.